The van der Waals surface area contributed by atoms with Crippen molar-refractivity contribution < 1.29 is 9.59 Å². The zero-order chi connectivity index (χ0) is 9.97. The van der Waals surface area contributed by atoms with Crippen molar-refractivity contribution >= 4 is 34.0 Å². The average molecular weight is 204 g/mol. The highest BCUT2D eigenvalue weighted by molar-refractivity contribution is 7.17. The van der Waals surface area contributed by atoms with Gasteiger partial charge < -0.3 is 9.59 Å². The molecule has 0 saturated heterocycles. The third-order valence-corrected chi connectivity index (χ3v) is 3.05. The van der Waals surface area contributed by atoms with Crippen LogP contribution in [0.3, 0.4) is 0 Å². The monoisotopic (exact) mass is 204 g/mol. The molecule has 14 heavy (non-hydrogen) atoms. The SMILES string of the molecule is O=CC(C=O)c1ccc2sccc2c1. The first-order valence-electron chi connectivity index (χ1n) is 4.23. The number of hydrogen-bond acceptors (Lipinski definition) is 3. The summed E-state index contributed by atoms with van der Waals surface area (Å²) in [5.74, 6) is -0.626. The van der Waals surface area contributed by atoms with Gasteiger partial charge in [-0.15, -0.1) is 11.3 Å². The van der Waals surface area contributed by atoms with Gasteiger partial charge in [-0.25, -0.2) is 0 Å². The number of carbonyl (C=O) groups excluding carboxylic acids is 2. The highest BCUT2D eigenvalue weighted by Crippen LogP contribution is 2.24. The minimum atomic E-state index is -0.626. The predicted molar refractivity (Wildman–Crippen MR) is 56.7 cm³/mol. The Labute approximate surface area is 85.2 Å². The maximum Gasteiger partial charge on any atom is 0.134 e. The molecule has 0 aliphatic heterocycles. The van der Waals surface area contributed by atoms with E-state index in [2.05, 4.69) is 0 Å². The summed E-state index contributed by atoms with van der Waals surface area (Å²) in [5.41, 5.74) is 0.765. The second-order valence-electron chi connectivity index (χ2n) is 3.02. The van der Waals surface area contributed by atoms with Crippen LogP contribution in [-0.2, 0) is 9.59 Å². The molecule has 0 saturated carbocycles. The number of rotatable bonds is 3. The van der Waals surface area contributed by atoms with Crippen LogP contribution in [0, 0.1) is 0 Å². The van der Waals surface area contributed by atoms with Gasteiger partial charge >= 0.3 is 0 Å². The van der Waals surface area contributed by atoms with Crippen molar-refractivity contribution in [3.63, 3.8) is 0 Å². The molecule has 0 aliphatic rings. The fourth-order valence-electron chi connectivity index (χ4n) is 1.38. The van der Waals surface area contributed by atoms with Gasteiger partial charge in [0.05, 0.1) is 5.92 Å². The van der Waals surface area contributed by atoms with Gasteiger partial charge in [0.2, 0.25) is 0 Å². The minimum Gasteiger partial charge on any atom is -0.302 e. The molecule has 1 heterocycles. The molecule has 1 aromatic heterocycles. The molecule has 0 radical (unpaired) electrons. The molecule has 0 spiro atoms. The summed E-state index contributed by atoms with van der Waals surface area (Å²) in [7, 11) is 0. The van der Waals surface area contributed by atoms with Crippen molar-refractivity contribution in [2.75, 3.05) is 0 Å². The maximum absolute atomic E-state index is 10.6. The van der Waals surface area contributed by atoms with Crippen LogP contribution in [0.1, 0.15) is 11.5 Å². The van der Waals surface area contributed by atoms with Crippen LogP contribution < -0.4 is 0 Å². The fraction of sp³-hybridized carbons (Fsp3) is 0.0909. The third kappa shape index (κ3) is 1.46. The predicted octanol–water partition coefficient (Wildman–Crippen LogP) is 2.38. The number of benzene rings is 1. The van der Waals surface area contributed by atoms with Gasteiger partial charge in [-0.05, 0) is 34.5 Å². The molecule has 0 fully saturated rings. The Hall–Kier alpha value is -1.48. The van der Waals surface area contributed by atoms with E-state index in [0.29, 0.717) is 12.6 Å². The smallest absolute Gasteiger partial charge is 0.134 e. The van der Waals surface area contributed by atoms with Gasteiger partial charge in [-0.2, -0.15) is 0 Å². The summed E-state index contributed by atoms with van der Waals surface area (Å²) >= 11 is 1.65. The Morgan fingerprint density at radius 2 is 1.93 bits per heavy atom. The van der Waals surface area contributed by atoms with E-state index >= 15 is 0 Å². The van der Waals surface area contributed by atoms with Crippen LogP contribution >= 0.6 is 11.3 Å². The summed E-state index contributed by atoms with van der Waals surface area (Å²) in [6.07, 6.45) is 1.33. The molecular formula is C11H8O2S. The van der Waals surface area contributed by atoms with Gasteiger partial charge in [-0.3, -0.25) is 0 Å². The quantitative estimate of drug-likeness (QED) is 0.568. The third-order valence-electron chi connectivity index (χ3n) is 2.15. The Morgan fingerprint density at radius 1 is 1.14 bits per heavy atom. The Balaban J connectivity index is 2.52. The molecule has 0 atom stereocenters. The molecular weight excluding hydrogens is 196 g/mol. The topological polar surface area (TPSA) is 34.1 Å². The first-order chi connectivity index (χ1) is 6.85. The van der Waals surface area contributed by atoms with Crippen molar-refractivity contribution in [3.8, 4) is 0 Å². The summed E-state index contributed by atoms with van der Waals surface area (Å²) in [4.78, 5) is 21.2. The zero-order valence-electron chi connectivity index (χ0n) is 7.34. The van der Waals surface area contributed by atoms with Crippen LogP contribution in [0.25, 0.3) is 10.1 Å². The van der Waals surface area contributed by atoms with Gasteiger partial charge in [0, 0.05) is 4.70 Å². The molecule has 0 N–H and O–H groups in total. The largest absolute Gasteiger partial charge is 0.302 e. The standard InChI is InChI=1S/C11H8O2S/c12-6-10(7-13)8-1-2-11-9(5-8)3-4-14-11/h1-7,10H. The van der Waals surface area contributed by atoms with Crippen molar-refractivity contribution in [3.05, 3.63) is 35.2 Å². The highest BCUT2D eigenvalue weighted by Gasteiger charge is 2.09. The molecule has 3 heteroatoms. The van der Waals surface area contributed by atoms with E-state index in [4.69, 9.17) is 0 Å². The van der Waals surface area contributed by atoms with Crippen molar-refractivity contribution in [1.82, 2.24) is 0 Å². The Morgan fingerprint density at radius 3 is 2.64 bits per heavy atom. The lowest BCUT2D eigenvalue weighted by Gasteiger charge is -2.01. The highest BCUT2D eigenvalue weighted by atomic mass is 32.1. The zero-order valence-corrected chi connectivity index (χ0v) is 8.16. The summed E-state index contributed by atoms with van der Waals surface area (Å²) < 4.78 is 1.17. The summed E-state index contributed by atoms with van der Waals surface area (Å²) in [5, 5.41) is 3.08. The Kier molecular flexibility index (Phi) is 2.41. The number of carbonyl (C=O) groups is 2. The van der Waals surface area contributed by atoms with Gasteiger partial charge in [0.15, 0.2) is 0 Å². The van der Waals surface area contributed by atoms with E-state index in [-0.39, 0.29) is 0 Å². The maximum atomic E-state index is 10.6. The van der Waals surface area contributed by atoms with Crippen LogP contribution in [0.15, 0.2) is 29.6 Å². The van der Waals surface area contributed by atoms with E-state index in [0.717, 1.165) is 10.9 Å². The average Bonchev–Trinajstić information content (AvgIpc) is 2.66. The van der Waals surface area contributed by atoms with E-state index in [1.165, 1.54) is 4.70 Å². The number of hydrogen-bond donors (Lipinski definition) is 0. The molecule has 0 amide bonds. The lowest BCUT2D eigenvalue weighted by Crippen LogP contribution is -2.00. The van der Waals surface area contributed by atoms with E-state index in [1.54, 1.807) is 11.3 Å². The number of fused-ring (bicyclic) bond motifs is 1. The molecule has 0 bridgehead atoms. The van der Waals surface area contributed by atoms with E-state index in [9.17, 15) is 9.59 Å². The molecule has 2 rings (SSSR count). The minimum absolute atomic E-state index is 0.626. The van der Waals surface area contributed by atoms with Gasteiger partial charge in [0.1, 0.15) is 12.6 Å². The van der Waals surface area contributed by atoms with Crippen LogP contribution in [0.4, 0.5) is 0 Å². The summed E-state index contributed by atoms with van der Waals surface area (Å²) in [6, 6.07) is 7.64. The first kappa shape index (κ1) is 9.09. The lowest BCUT2D eigenvalue weighted by atomic mass is 10.0. The lowest BCUT2D eigenvalue weighted by molar-refractivity contribution is -0.116. The normalized spacial score (nSPS) is 10.6. The fourth-order valence-corrected chi connectivity index (χ4v) is 2.15. The molecule has 2 nitrogen and oxygen atoms in total. The second kappa shape index (κ2) is 3.72. The van der Waals surface area contributed by atoms with Crippen molar-refractivity contribution in [2.24, 2.45) is 0 Å². The van der Waals surface area contributed by atoms with Crippen LogP contribution in [0.5, 0.6) is 0 Å². The number of thiophene rings is 1. The Bertz CT molecular complexity index is 465. The summed E-state index contributed by atoms with van der Waals surface area (Å²) in [6.45, 7) is 0. The first-order valence-corrected chi connectivity index (χ1v) is 5.11. The molecule has 0 unspecified atom stereocenters. The van der Waals surface area contributed by atoms with Crippen LogP contribution in [-0.4, -0.2) is 12.6 Å². The molecule has 1 aromatic carbocycles. The molecule has 0 aliphatic carbocycles. The van der Waals surface area contributed by atoms with Crippen LogP contribution in [0.2, 0.25) is 0 Å². The van der Waals surface area contributed by atoms with Crippen molar-refractivity contribution in [2.45, 2.75) is 5.92 Å². The van der Waals surface area contributed by atoms with E-state index < -0.39 is 5.92 Å². The van der Waals surface area contributed by atoms with Gasteiger partial charge in [-0.1, -0.05) is 6.07 Å². The second-order valence-corrected chi connectivity index (χ2v) is 3.96. The molecule has 70 valence electrons. The van der Waals surface area contributed by atoms with E-state index in [1.807, 2.05) is 29.6 Å². The van der Waals surface area contributed by atoms with Gasteiger partial charge in [0.25, 0.3) is 0 Å². The number of aldehydes is 2. The molecule has 2 aromatic rings. The van der Waals surface area contributed by atoms with Crippen molar-refractivity contribution in [1.29, 1.82) is 0 Å².